The smallest absolute Gasteiger partial charge is 0.222 e. The largest absolute Gasteiger partial charge is 0.391 e. The lowest BCUT2D eigenvalue weighted by Gasteiger charge is -2.20. The van der Waals surface area contributed by atoms with Crippen LogP contribution in [0, 0.1) is 11.7 Å². The number of aliphatic hydroxyl groups is 1. The number of aryl methyl sites for hydroxylation is 1. The van der Waals surface area contributed by atoms with Gasteiger partial charge in [-0.2, -0.15) is 0 Å². The van der Waals surface area contributed by atoms with E-state index in [2.05, 4.69) is 0 Å². The highest BCUT2D eigenvalue weighted by Crippen LogP contribution is 2.32. The summed E-state index contributed by atoms with van der Waals surface area (Å²) in [6, 6.07) is 6.31. The zero-order valence-corrected chi connectivity index (χ0v) is 11.2. The van der Waals surface area contributed by atoms with Gasteiger partial charge in [0.1, 0.15) is 5.82 Å². The van der Waals surface area contributed by atoms with E-state index in [-0.39, 0.29) is 11.7 Å². The third-order valence-corrected chi connectivity index (χ3v) is 3.57. The van der Waals surface area contributed by atoms with Crippen molar-refractivity contribution >= 4 is 5.91 Å². The third-order valence-electron chi connectivity index (χ3n) is 3.57. The molecule has 1 N–H and O–H groups in total. The minimum atomic E-state index is -0.400. The van der Waals surface area contributed by atoms with E-state index in [1.54, 1.807) is 18.0 Å². The van der Waals surface area contributed by atoms with E-state index in [0.29, 0.717) is 25.3 Å². The molecule has 2 rings (SSSR count). The molecule has 1 aromatic carbocycles. The predicted octanol–water partition coefficient (Wildman–Crippen LogP) is 1.99. The molecule has 1 aliphatic carbocycles. The van der Waals surface area contributed by atoms with Crippen LogP contribution in [0.5, 0.6) is 0 Å². The van der Waals surface area contributed by atoms with Crippen molar-refractivity contribution in [2.75, 3.05) is 13.6 Å². The second-order valence-electron chi connectivity index (χ2n) is 5.31. The number of nitrogens with zero attached hydrogens (tertiary/aromatic N) is 1. The molecule has 0 bridgehead atoms. The van der Waals surface area contributed by atoms with Gasteiger partial charge in [0, 0.05) is 20.0 Å². The fraction of sp³-hybridized carbons (Fsp3) is 0.533. The standard InChI is InChI=1S/C15H20FNO2/c1-17(10-14(18)12-6-7-12)15(19)8-5-11-3-2-4-13(16)9-11/h2-4,9,12,14,18H,5-8,10H2,1H3. The number of likely N-dealkylation sites (N-methyl/N-ethyl adjacent to an activating group) is 1. The lowest BCUT2D eigenvalue weighted by atomic mass is 10.1. The number of carbonyl (C=O) groups excluding carboxylic acids is 1. The molecule has 19 heavy (non-hydrogen) atoms. The normalized spacial score (nSPS) is 16.2. The Balaban J connectivity index is 1.76. The van der Waals surface area contributed by atoms with Crippen LogP contribution in [0.2, 0.25) is 0 Å². The minimum Gasteiger partial charge on any atom is -0.391 e. The van der Waals surface area contributed by atoms with E-state index in [1.807, 2.05) is 6.07 Å². The van der Waals surface area contributed by atoms with E-state index in [9.17, 15) is 14.3 Å². The van der Waals surface area contributed by atoms with Gasteiger partial charge >= 0.3 is 0 Å². The number of benzene rings is 1. The van der Waals surface area contributed by atoms with Crippen LogP contribution in [0.3, 0.4) is 0 Å². The first kappa shape index (κ1) is 14.0. The summed E-state index contributed by atoms with van der Waals surface area (Å²) in [5.41, 5.74) is 0.824. The second-order valence-corrected chi connectivity index (χ2v) is 5.31. The minimum absolute atomic E-state index is 0.0102. The van der Waals surface area contributed by atoms with Gasteiger partial charge in [-0.15, -0.1) is 0 Å². The summed E-state index contributed by atoms with van der Waals surface area (Å²) in [4.78, 5) is 13.5. The van der Waals surface area contributed by atoms with Gasteiger partial charge in [0.25, 0.3) is 0 Å². The van der Waals surface area contributed by atoms with Crippen LogP contribution in [0.15, 0.2) is 24.3 Å². The number of halogens is 1. The Labute approximate surface area is 113 Å². The lowest BCUT2D eigenvalue weighted by molar-refractivity contribution is -0.131. The lowest BCUT2D eigenvalue weighted by Crippen LogP contribution is -2.35. The molecule has 1 fully saturated rings. The summed E-state index contributed by atoms with van der Waals surface area (Å²) in [5.74, 6) is 0.0879. The fourth-order valence-electron chi connectivity index (χ4n) is 2.15. The zero-order chi connectivity index (χ0) is 13.8. The second kappa shape index (κ2) is 6.15. The Morgan fingerprint density at radius 2 is 2.26 bits per heavy atom. The van der Waals surface area contributed by atoms with E-state index in [1.165, 1.54) is 12.1 Å². The van der Waals surface area contributed by atoms with Crippen LogP contribution in [-0.4, -0.2) is 35.6 Å². The van der Waals surface area contributed by atoms with Crippen LogP contribution in [0.4, 0.5) is 4.39 Å². The maximum absolute atomic E-state index is 13.0. The molecule has 3 nitrogen and oxygen atoms in total. The van der Waals surface area contributed by atoms with Crippen molar-refractivity contribution in [1.82, 2.24) is 4.90 Å². The van der Waals surface area contributed by atoms with Gasteiger partial charge in [-0.3, -0.25) is 4.79 Å². The van der Waals surface area contributed by atoms with Crippen molar-refractivity contribution in [3.8, 4) is 0 Å². The van der Waals surface area contributed by atoms with Gasteiger partial charge in [0.2, 0.25) is 5.91 Å². The first-order valence-electron chi connectivity index (χ1n) is 6.72. The van der Waals surface area contributed by atoms with Crippen molar-refractivity contribution in [3.63, 3.8) is 0 Å². The molecule has 4 heteroatoms. The number of hydrogen-bond donors (Lipinski definition) is 1. The zero-order valence-electron chi connectivity index (χ0n) is 11.2. The Bertz CT molecular complexity index is 446. The van der Waals surface area contributed by atoms with Gasteiger partial charge in [-0.25, -0.2) is 4.39 Å². The number of rotatable bonds is 6. The van der Waals surface area contributed by atoms with Crippen LogP contribution in [0.25, 0.3) is 0 Å². The van der Waals surface area contributed by atoms with Gasteiger partial charge in [0.15, 0.2) is 0 Å². The topological polar surface area (TPSA) is 40.5 Å². The first-order chi connectivity index (χ1) is 9.06. The number of hydrogen-bond acceptors (Lipinski definition) is 2. The van der Waals surface area contributed by atoms with Crippen LogP contribution < -0.4 is 0 Å². The molecule has 1 saturated carbocycles. The molecule has 0 radical (unpaired) electrons. The molecule has 0 saturated heterocycles. The molecular weight excluding hydrogens is 245 g/mol. The molecule has 1 atom stereocenters. The summed E-state index contributed by atoms with van der Waals surface area (Å²) in [5, 5.41) is 9.79. The van der Waals surface area contributed by atoms with Crippen LogP contribution >= 0.6 is 0 Å². The fourth-order valence-corrected chi connectivity index (χ4v) is 2.15. The molecule has 0 aliphatic heterocycles. The molecule has 1 unspecified atom stereocenters. The summed E-state index contributed by atoms with van der Waals surface area (Å²) in [7, 11) is 1.71. The van der Waals surface area contributed by atoms with E-state index in [0.717, 1.165) is 18.4 Å². The van der Waals surface area contributed by atoms with Crippen LogP contribution in [-0.2, 0) is 11.2 Å². The molecule has 1 aromatic rings. The predicted molar refractivity (Wildman–Crippen MR) is 71.1 cm³/mol. The number of aliphatic hydroxyl groups excluding tert-OH is 1. The Morgan fingerprint density at radius 1 is 1.53 bits per heavy atom. The van der Waals surface area contributed by atoms with Crippen molar-refractivity contribution < 1.29 is 14.3 Å². The Kier molecular flexibility index (Phi) is 4.53. The first-order valence-corrected chi connectivity index (χ1v) is 6.72. The average molecular weight is 265 g/mol. The van der Waals surface area contributed by atoms with E-state index >= 15 is 0 Å². The summed E-state index contributed by atoms with van der Waals surface area (Å²) < 4.78 is 13.0. The van der Waals surface area contributed by atoms with Gasteiger partial charge in [0.05, 0.1) is 6.10 Å². The quantitative estimate of drug-likeness (QED) is 0.854. The van der Waals surface area contributed by atoms with Crippen molar-refractivity contribution in [2.45, 2.75) is 31.8 Å². The Hall–Kier alpha value is -1.42. The molecule has 0 spiro atoms. The van der Waals surface area contributed by atoms with Crippen molar-refractivity contribution in [1.29, 1.82) is 0 Å². The third kappa shape index (κ3) is 4.31. The molecule has 104 valence electrons. The summed E-state index contributed by atoms with van der Waals surface area (Å²) >= 11 is 0. The summed E-state index contributed by atoms with van der Waals surface area (Å²) in [6.07, 6.45) is 2.60. The van der Waals surface area contributed by atoms with Gasteiger partial charge in [-0.05, 0) is 42.9 Å². The van der Waals surface area contributed by atoms with Crippen molar-refractivity contribution in [3.05, 3.63) is 35.6 Å². The van der Waals surface area contributed by atoms with Crippen LogP contribution in [0.1, 0.15) is 24.8 Å². The number of amides is 1. The van der Waals surface area contributed by atoms with Gasteiger partial charge < -0.3 is 10.0 Å². The highest BCUT2D eigenvalue weighted by atomic mass is 19.1. The SMILES string of the molecule is CN(CC(O)C1CC1)C(=O)CCc1cccc(F)c1. The maximum Gasteiger partial charge on any atom is 0.222 e. The Morgan fingerprint density at radius 3 is 2.89 bits per heavy atom. The highest BCUT2D eigenvalue weighted by molar-refractivity contribution is 5.76. The highest BCUT2D eigenvalue weighted by Gasteiger charge is 2.30. The average Bonchev–Trinajstić information content (AvgIpc) is 3.20. The molecule has 0 heterocycles. The number of carbonyl (C=O) groups is 1. The molecular formula is C15H20FNO2. The van der Waals surface area contributed by atoms with Gasteiger partial charge in [-0.1, -0.05) is 12.1 Å². The maximum atomic E-state index is 13.0. The molecule has 1 amide bonds. The monoisotopic (exact) mass is 265 g/mol. The van der Waals surface area contributed by atoms with E-state index < -0.39 is 6.10 Å². The van der Waals surface area contributed by atoms with E-state index in [4.69, 9.17) is 0 Å². The summed E-state index contributed by atoms with van der Waals surface area (Å²) in [6.45, 7) is 0.395. The van der Waals surface area contributed by atoms with Crippen molar-refractivity contribution in [2.24, 2.45) is 5.92 Å². The molecule has 1 aliphatic rings. The molecule has 0 aromatic heterocycles.